The molecule has 0 aliphatic heterocycles. The van der Waals surface area contributed by atoms with Crippen LogP contribution in [0.25, 0.3) is 22.4 Å². The molecule has 4 rings (SSSR count). The normalized spacial score (nSPS) is 10.3. The second kappa shape index (κ2) is 9.33. The van der Waals surface area contributed by atoms with Gasteiger partial charge in [-0.2, -0.15) is 10.5 Å². The number of hydrogen-bond acceptors (Lipinski definition) is 5. The van der Waals surface area contributed by atoms with Crippen molar-refractivity contribution in [3.63, 3.8) is 0 Å². The molecule has 1 aromatic heterocycles. The highest BCUT2D eigenvalue weighted by atomic mass is 79.9. The van der Waals surface area contributed by atoms with Crippen LogP contribution in [0.5, 0.6) is 17.2 Å². The van der Waals surface area contributed by atoms with Gasteiger partial charge in [-0.05, 0) is 66.7 Å². The van der Waals surface area contributed by atoms with Gasteiger partial charge in [-0.3, -0.25) is 4.79 Å². The first-order chi connectivity index (χ1) is 15.9. The van der Waals surface area contributed by atoms with Crippen LogP contribution in [-0.2, 0) is 0 Å². The van der Waals surface area contributed by atoms with E-state index in [9.17, 15) is 15.2 Å². The predicted octanol–water partition coefficient (Wildman–Crippen LogP) is 6.48. The summed E-state index contributed by atoms with van der Waals surface area (Å²) in [5.74, 6) is 1.00. The Morgan fingerprint density at radius 3 is 2.24 bits per heavy atom. The fraction of sp³-hybridized carbons (Fsp3) is 0. The summed E-state index contributed by atoms with van der Waals surface area (Å²) in [5, 5.41) is 28.9. The Kier molecular flexibility index (Phi) is 6.32. The minimum absolute atomic E-state index is 0.0125. The van der Waals surface area contributed by atoms with E-state index in [4.69, 9.17) is 10.00 Å². The minimum Gasteiger partial charge on any atom is -0.507 e. The largest absolute Gasteiger partial charge is 0.507 e. The molecule has 4 aromatic rings. The number of phenols is 1. The van der Waals surface area contributed by atoms with E-state index in [1.807, 2.05) is 6.07 Å². The minimum atomic E-state index is -0.574. The third-order valence-electron chi connectivity index (χ3n) is 4.84. The van der Waals surface area contributed by atoms with Crippen LogP contribution in [0.2, 0.25) is 0 Å². The van der Waals surface area contributed by atoms with Crippen molar-refractivity contribution < 1.29 is 9.84 Å². The van der Waals surface area contributed by atoms with Crippen molar-refractivity contribution in [1.82, 2.24) is 4.98 Å². The number of benzene rings is 3. The Labute approximate surface area is 205 Å². The molecule has 0 spiro atoms. The summed E-state index contributed by atoms with van der Waals surface area (Å²) >= 11 is 6.86. The Hall–Kier alpha value is -3.85. The monoisotopic (exact) mass is 561 g/mol. The molecule has 0 saturated heterocycles. The molecular formula is C25H13Br2N3O3. The first-order valence-corrected chi connectivity index (χ1v) is 11.1. The SMILES string of the molecule is N#Cc1ccc(Oc2ccc(Br)c(-c3cc(-c4cc(Br)ccc4O)[nH]c(=O)c3C#N)c2)cc1. The summed E-state index contributed by atoms with van der Waals surface area (Å²) in [6.45, 7) is 0. The van der Waals surface area contributed by atoms with Crippen molar-refractivity contribution in [2.45, 2.75) is 0 Å². The lowest BCUT2D eigenvalue weighted by molar-refractivity contribution is 0.477. The zero-order valence-corrected chi connectivity index (χ0v) is 19.9. The zero-order valence-electron chi connectivity index (χ0n) is 16.8. The van der Waals surface area contributed by atoms with Gasteiger partial charge in [0.15, 0.2) is 0 Å². The molecule has 0 amide bonds. The van der Waals surface area contributed by atoms with Gasteiger partial charge in [-0.1, -0.05) is 31.9 Å². The molecule has 160 valence electrons. The molecule has 0 aliphatic rings. The number of nitrogens with zero attached hydrogens (tertiary/aromatic N) is 2. The zero-order chi connectivity index (χ0) is 23.5. The van der Waals surface area contributed by atoms with Crippen molar-refractivity contribution in [2.75, 3.05) is 0 Å². The van der Waals surface area contributed by atoms with Gasteiger partial charge in [0.05, 0.1) is 17.3 Å². The molecule has 0 radical (unpaired) electrons. The van der Waals surface area contributed by atoms with Crippen LogP contribution in [0.4, 0.5) is 0 Å². The number of ether oxygens (including phenoxy) is 1. The topological polar surface area (TPSA) is 110 Å². The van der Waals surface area contributed by atoms with E-state index in [-0.39, 0.29) is 11.3 Å². The number of H-pyrrole nitrogens is 1. The van der Waals surface area contributed by atoms with Crippen LogP contribution in [-0.4, -0.2) is 10.1 Å². The van der Waals surface area contributed by atoms with Crippen molar-refractivity contribution in [2.24, 2.45) is 0 Å². The number of hydrogen-bond donors (Lipinski definition) is 2. The van der Waals surface area contributed by atoms with Crippen LogP contribution < -0.4 is 10.3 Å². The molecule has 0 atom stereocenters. The number of phenolic OH excluding ortho intramolecular Hbond substituents is 1. The van der Waals surface area contributed by atoms with E-state index < -0.39 is 5.56 Å². The number of aromatic hydroxyl groups is 1. The fourth-order valence-corrected chi connectivity index (χ4v) is 4.08. The Morgan fingerprint density at radius 1 is 0.818 bits per heavy atom. The van der Waals surface area contributed by atoms with Gasteiger partial charge in [0.25, 0.3) is 5.56 Å². The lowest BCUT2D eigenvalue weighted by Crippen LogP contribution is -2.13. The molecule has 8 heteroatoms. The standard InChI is InChI=1S/C25H13Br2N3O3/c26-15-3-8-24(31)20(9-15)23-11-18(21(13-29)25(32)30-23)19-10-17(6-7-22(19)27)33-16-4-1-14(12-28)2-5-16/h1-11,31H,(H,30,32). The van der Waals surface area contributed by atoms with Gasteiger partial charge in [0.1, 0.15) is 28.9 Å². The smallest absolute Gasteiger partial charge is 0.266 e. The van der Waals surface area contributed by atoms with Crippen molar-refractivity contribution >= 4 is 31.9 Å². The number of aromatic nitrogens is 1. The van der Waals surface area contributed by atoms with Crippen molar-refractivity contribution in [1.29, 1.82) is 10.5 Å². The van der Waals surface area contributed by atoms with Gasteiger partial charge in [0, 0.05) is 25.6 Å². The maximum absolute atomic E-state index is 12.7. The van der Waals surface area contributed by atoms with Gasteiger partial charge in [0.2, 0.25) is 0 Å². The number of rotatable bonds is 4. The summed E-state index contributed by atoms with van der Waals surface area (Å²) in [4.78, 5) is 15.4. The Balaban J connectivity index is 1.84. The summed E-state index contributed by atoms with van der Waals surface area (Å²) in [7, 11) is 0. The van der Waals surface area contributed by atoms with Gasteiger partial charge >= 0.3 is 0 Å². The molecule has 33 heavy (non-hydrogen) atoms. The number of halogens is 2. The summed E-state index contributed by atoms with van der Waals surface area (Å²) in [6, 6.07) is 22.4. The molecule has 0 bridgehead atoms. The Bertz CT molecular complexity index is 1510. The van der Waals surface area contributed by atoms with Gasteiger partial charge in [-0.25, -0.2) is 0 Å². The second-order valence-electron chi connectivity index (χ2n) is 6.95. The average molecular weight is 563 g/mol. The first kappa shape index (κ1) is 22.3. The van der Waals surface area contributed by atoms with Crippen molar-refractivity contribution in [3.8, 4) is 51.8 Å². The molecule has 0 saturated carbocycles. The summed E-state index contributed by atoms with van der Waals surface area (Å²) in [6.07, 6.45) is 0. The lowest BCUT2D eigenvalue weighted by atomic mass is 9.98. The number of nitriles is 2. The van der Waals surface area contributed by atoms with Crippen molar-refractivity contribution in [3.05, 3.63) is 97.2 Å². The van der Waals surface area contributed by atoms with Crippen LogP contribution in [0.1, 0.15) is 11.1 Å². The molecule has 3 aromatic carbocycles. The number of nitrogens with one attached hydrogen (secondary N) is 1. The average Bonchev–Trinajstić information content (AvgIpc) is 2.82. The highest BCUT2D eigenvalue weighted by Crippen LogP contribution is 2.37. The molecule has 6 nitrogen and oxygen atoms in total. The van der Waals surface area contributed by atoms with E-state index in [1.165, 1.54) is 6.07 Å². The molecular weight excluding hydrogens is 550 g/mol. The third-order valence-corrected chi connectivity index (χ3v) is 6.03. The highest BCUT2D eigenvalue weighted by Gasteiger charge is 2.17. The van der Waals surface area contributed by atoms with Crippen LogP contribution in [0, 0.1) is 22.7 Å². The van der Waals surface area contributed by atoms with Crippen LogP contribution in [0.15, 0.2) is 80.5 Å². The summed E-state index contributed by atoms with van der Waals surface area (Å²) in [5.41, 5.74) is 1.60. The van der Waals surface area contributed by atoms with E-state index in [0.717, 1.165) is 4.47 Å². The van der Waals surface area contributed by atoms with E-state index >= 15 is 0 Å². The molecule has 0 unspecified atom stereocenters. The van der Waals surface area contributed by atoms with Crippen LogP contribution in [0.3, 0.4) is 0 Å². The molecule has 1 heterocycles. The predicted molar refractivity (Wildman–Crippen MR) is 131 cm³/mol. The maximum Gasteiger partial charge on any atom is 0.266 e. The summed E-state index contributed by atoms with van der Waals surface area (Å²) < 4.78 is 7.28. The molecule has 0 aliphatic carbocycles. The van der Waals surface area contributed by atoms with Gasteiger partial charge in [-0.15, -0.1) is 0 Å². The maximum atomic E-state index is 12.7. The molecule has 2 N–H and O–H groups in total. The lowest BCUT2D eigenvalue weighted by Gasteiger charge is -2.13. The fourth-order valence-electron chi connectivity index (χ4n) is 3.26. The second-order valence-corrected chi connectivity index (χ2v) is 8.72. The third kappa shape index (κ3) is 4.68. The van der Waals surface area contributed by atoms with Gasteiger partial charge < -0.3 is 14.8 Å². The van der Waals surface area contributed by atoms with E-state index in [2.05, 4.69) is 42.9 Å². The van der Waals surface area contributed by atoms with E-state index in [1.54, 1.807) is 60.7 Å². The number of pyridine rings is 1. The highest BCUT2D eigenvalue weighted by molar-refractivity contribution is 9.10. The quantitative estimate of drug-likeness (QED) is 0.296. The van der Waals surface area contributed by atoms with Crippen LogP contribution >= 0.6 is 31.9 Å². The molecule has 0 fully saturated rings. The number of aromatic amines is 1. The van der Waals surface area contributed by atoms with E-state index in [0.29, 0.717) is 43.9 Å². The Morgan fingerprint density at radius 2 is 1.55 bits per heavy atom. The first-order valence-electron chi connectivity index (χ1n) is 9.54.